The van der Waals surface area contributed by atoms with Gasteiger partial charge < -0.3 is 24.8 Å². The van der Waals surface area contributed by atoms with Crippen molar-refractivity contribution >= 4 is 11.9 Å². The minimum atomic E-state index is -0.360. The number of carbonyl (C=O) groups excluding carboxylic acids is 2. The van der Waals surface area contributed by atoms with Crippen molar-refractivity contribution in [2.24, 2.45) is 5.92 Å². The predicted molar refractivity (Wildman–Crippen MR) is 261 cm³/mol. The standard InChI is InChI=1S/C54H98N2O5/c1-3-5-7-9-11-13-15-17-19-21-23-25-27-29-33-42-53(58)60-48-38-31-32-41-52(57)51(50-55-44-47-56-45-36-37-46-56)40-35-39-49-61-54(59)43-34-30-28-26-24-22-20-18-16-14-12-10-8-6-4-2/h11-14,17-20,51-52,55,57H,3-10,15-16,21-50H2,1-2H3/b13-11-,14-12-,19-17-,20-18-. The number of rotatable bonds is 45. The van der Waals surface area contributed by atoms with Crippen LogP contribution in [0.2, 0.25) is 0 Å². The normalized spacial score (nSPS) is 14.7. The van der Waals surface area contributed by atoms with Crippen molar-refractivity contribution in [1.82, 2.24) is 10.2 Å². The first-order valence-corrected chi connectivity index (χ1v) is 26.1. The minimum Gasteiger partial charge on any atom is -0.466 e. The maximum atomic E-state index is 12.3. The molecule has 0 bridgehead atoms. The highest BCUT2D eigenvalue weighted by atomic mass is 16.5. The quantitative estimate of drug-likeness (QED) is 0.0358. The van der Waals surface area contributed by atoms with Crippen molar-refractivity contribution in [2.75, 3.05) is 45.9 Å². The van der Waals surface area contributed by atoms with Gasteiger partial charge in [-0.05, 0) is 147 Å². The van der Waals surface area contributed by atoms with Gasteiger partial charge in [0.2, 0.25) is 0 Å². The highest BCUT2D eigenvalue weighted by Gasteiger charge is 2.19. The number of hydrogen-bond donors (Lipinski definition) is 2. The van der Waals surface area contributed by atoms with Gasteiger partial charge in [-0.15, -0.1) is 0 Å². The predicted octanol–water partition coefficient (Wildman–Crippen LogP) is 14.1. The van der Waals surface area contributed by atoms with E-state index in [0.717, 1.165) is 116 Å². The van der Waals surface area contributed by atoms with Crippen LogP contribution in [0.4, 0.5) is 0 Å². The summed E-state index contributed by atoms with van der Waals surface area (Å²) in [6.07, 6.45) is 53.8. The molecule has 354 valence electrons. The van der Waals surface area contributed by atoms with Gasteiger partial charge in [-0.25, -0.2) is 0 Å². The molecule has 0 radical (unpaired) electrons. The molecule has 0 aromatic rings. The minimum absolute atomic E-state index is 0.0712. The molecule has 0 spiro atoms. The summed E-state index contributed by atoms with van der Waals surface area (Å²) >= 11 is 0. The first-order valence-electron chi connectivity index (χ1n) is 26.1. The third-order valence-electron chi connectivity index (χ3n) is 12.1. The average Bonchev–Trinajstić information content (AvgIpc) is 3.79. The average molecular weight is 855 g/mol. The number of aliphatic hydroxyl groups excluding tert-OH is 1. The number of nitrogens with zero attached hydrogens (tertiary/aromatic N) is 1. The van der Waals surface area contributed by atoms with Crippen LogP contribution in [0, 0.1) is 5.92 Å². The molecule has 61 heavy (non-hydrogen) atoms. The van der Waals surface area contributed by atoms with Gasteiger partial charge in [0, 0.05) is 32.5 Å². The van der Waals surface area contributed by atoms with Crippen LogP contribution in [0.3, 0.4) is 0 Å². The number of ether oxygens (including phenoxy) is 2. The Morgan fingerprint density at radius 2 is 0.967 bits per heavy atom. The summed E-state index contributed by atoms with van der Waals surface area (Å²) in [7, 11) is 0. The van der Waals surface area contributed by atoms with Gasteiger partial charge in [-0.1, -0.05) is 133 Å². The number of aliphatic hydroxyl groups is 1. The summed E-state index contributed by atoms with van der Waals surface area (Å²) in [5.41, 5.74) is 0. The zero-order chi connectivity index (χ0) is 43.9. The molecule has 7 nitrogen and oxygen atoms in total. The van der Waals surface area contributed by atoms with Crippen LogP contribution < -0.4 is 5.32 Å². The van der Waals surface area contributed by atoms with E-state index in [9.17, 15) is 14.7 Å². The second kappa shape index (κ2) is 45.8. The van der Waals surface area contributed by atoms with Crippen molar-refractivity contribution in [2.45, 2.75) is 232 Å². The Bertz CT molecular complexity index is 1080. The number of unbranched alkanes of at least 4 members (excludes halogenated alkanes) is 19. The number of likely N-dealkylation sites (tertiary alicyclic amines) is 1. The van der Waals surface area contributed by atoms with E-state index in [1.807, 2.05) is 0 Å². The number of carbonyl (C=O) groups is 2. The summed E-state index contributed by atoms with van der Waals surface area (Å²) in [6, 6.07) is 0. The molecule has 0 aromatic heterocycles. The van der Waals surface area contributed by atoms with E-state index in [-0.39, 0.29) is 24.0 Å². The molecule has 2 unspecified atom stereocenters. The summed E-state index contributed by atoms with van der Waals surface area (Å²) in [4.78, 5) is 27.1. The van der Waals surface area contributed by atoms with Crippen molar-refractivity contribution < 1.29 is 24.2 Å². The molecule has 2 atom stereocenters. The van der Waals surface area contributed by atoms with Gasteiger partial charge >= 0.3 is 11.9 Å². The maximum absolute atomic E-state index is 12.3. The molecule has 7 heteroatoms. The molecule has 2 N–H and O–H groups in total. The lowest BCUT2D eigenvalue weighted by Crippen LogP contribution is -2.36. The van der Waals surface area contributed by atoms with Crippen LogP contribution in [0.25, 0.3) is 0 Å². The molecule has 1 fully saturated rings. The lowest BCUT2D eigenvalue weighted by Gasteiger charge is -2.24. The largest absolute Gasteiger partial charge is 0.466 e. The fourth-order valence-electron chi connectivity index (χ4n) is 8.02. The third-order valence-corrected chi connectivity index (χ3v) is 12.1. The van der Waals surface area contributed by atoms with Crippen molar-refractivity contribution in [1.29, 1.82) is 0 Å². The molecular weight excluding hydrogens is 757 g/mol. The van der Waals surface area contributed by atoms with E-state index in [2.05, 4.69) is 72.7 Å². The number of nitrogens with one attached hydrogen (secondary N) is 1. The smallest absolute Gasteiger partial charge is 0.305 e. The van der Waals surface area contributed by atoms with Gasteiger partial charge in [-0.2, -0.15) is 0 Å². The summed E-state index contributed by atoms with van der Waals surface area (Å²) in [5.74, 6) is 0.0413. The number of esters is 2. The zero-order valence-electron chi connectivity index (χ0n) is 40.1. The molecule has 0 aliphatic carbocycles. The second-order valence-electron chi connectivity index (χ2n) is 17.8. The topological polar surface area (TPSA) is 88.1 Å². The molecule has 0 amide bonds. The summed E-state index contributed by atoms with van der Waals surface area (Å²) in [6.45, 7) is 10.7. The molecule has 1 aliphatic heterocycles. The molecule has 1 rings (SSSR count). The Morgan fingerprint density at radius 3 is 1.48 bits per heavy atom. The highest BCUT2D eigenvalue weighted by Crippen LogP contribution is 2.19. The van der Waals surface area contributed by atoms with Gasteiger partial charge in [0.15, 0.2) is 0 Å². The van der Waals surface area contributed by atoms with Crippen molar-refractivity contribution in [3.63, 3.8) is 0 Å². The summed E-state index contributed by atoms with van der Waals surface area (Å²) < 4.78 is 11.1. The van der Waals surface area contributed by atoms with Crippen LogP contribution in [-0.4, -0.2) is 74.0 Å². The molecule has 0 aromatic carbocycles. The molecule has 1 aliphatic rings. The fourth-order valence-corrected chi connectivity index (χ4v) is 8.02. The second-order valence-corrected chi connectivity index (χ2v) is 17.8. The zero-order valence-corrected chi connectivity index (χ0v) is 40.1. The van der Waals surface area contributed by atoms with Crippen LogP contribution in [0.5, 0.6) is 0 Å². The first kappa shape index (κ1) is 56.8. The first-order chi connectivity index (χ1) is 30.1. The van der Waals surface area contributed by atoms with Crippen LogP contribution in [-0.2, 0) is 19.1 Å². The molecule has 1 heterocycles. The van der Waals surface area contributed by atoms with Gasteiger partial charge in [-0.3, -0.25) is 9.59 Å². The van der Waals surface area contributed by atoms with Crippen molar-refractivity contribution in [3.05, 3.63) is 48.6 Å². The van der Waals surface area contributed by atoms with E-state index >= 15 is 0 Å². The monoisotopic (exact) mass is 855 g/mol. The van der Waals surface area contributed by atoms with Gasteiger partial charge in [0.05, 0.1) is 19.3 Å². The third kappa shape index (κ3) is 40.3. The number of hydrogen-bond acceptors (Lipinski definition) is 7. The molecular formula is C54H98N2O5. The molecule has 1 saturated heterocycles. The lowest BCUT2D eigenvalue weighted by molar-refractivity contribution is -0.144. The Hall–Kier alpha value is -2.22. The van der Waals surface area contributed by atoms with E-state index in [0.29, 0.717) is 26.1 Å². The lowest BCUT2D eigenvalue weighted by atomic mass is 9.92. The fraction of sp³-hybridized carbons (Fsp3) is 0.815. The Morgan fingerprint density at radius 1 is 0.541 bits per heavy atom. The van der Waals surface area contributed by atoms with E-state index in [4.69, 9.17) is 9.47 Å². The Kier molecular flexibility index (Phi) is 42.6. The van der Waals surface area contributed by atoms with Gasteiger partial charge in [0.1, 0.15) is 0 Å². The van der Waals surface area contributed by atoms with Crippen molar-refractivity contribution in [3.8, 4) is 0 Å². The number of allylic oxidation sites excluding steroid dienone is 8. The van der Waals surface area contributed by atoms with Gasteiger partial charge in [0.25, 0.3) is 0 Å². The Balaban J connectivity index is 2.12. The highest BCUT2D eigenvalue weighted by molar-refractivity contribution is 5.69. The molecule has 0 saturated carbocycles. The van der Waals surface area contributed by atoms with E-state index in [1.54, 1.807) is 0 Å². The van der Waals surface area contributed by atoms with Crippen LogP contribution in [0.1, 0.15) is 226 Å². The van der Waals surface area contributed by atoms with E-state index in [1.165, 1.54) is 116 Å². The SMILES string of the molecule is CCCCC/C=C\C/C=C\CCCCCCCC(=O)OCCCCCC(O)C(CCCCOC(=O)CCCCCCC/C=C\C/C=C\CCCCC)CNCCN1CCCC1. The summed E-state index contributed by atoms with van der Waals surface area (Å²) in [5, 5.41) is 14.8. The van der Waals surface area contributed by atoms with Crippen LogP contribution >= 0.6 is 0 Å². The Labute approximate surface area is 377 Å². The van der Waals surface area contributed by atoms with Crippen LogP contribution in [0.15, 0.2) is 48.6 Å². The van der Waals surface area contributed by atoms with E-state index < -0.39 is 0 Å². The maximum Gasteiger partial charge on any atom is 0.305 e.